The standard InChI is InChI=1S/C17H16N6O2/c1-22(2)17(25)15-19-21-23(20-15)14-10-8-13(9-11-14)18-16(24)12-6-4-3-5-7-12/h3-11H,1-2H3,(H,18,24). The molecule has 1 aromatic heterocycles. The summed E-state index contributed by atoms with van der Waals surface area (Å²) in [5.74, 6) is -0.490. The topological polar surface area (TPSA) is 93.0 Å². The van der Waals surface area contributed by atoms with Crippen molar-refractivity contribution in [3.63, 3.8) is 0 Å². The first-order valence-corrected chi connectivity index (χ1v) is 7.53. The Hall–Kier alpha value is -3.55. The summed E-state index contributed by atoms with van der Waals surface area (Å²) in [7, 11) is 3.24. The van der Waals surface area contributed by atoms with E-state index in [-0.39, 0.29) is 17.6 Å². The Morgan fingerprint density at radius 3 is 2.32 bits per heavy atom. The molecule has 0 aliphatic carbocycles. The van der Waals surface area contributed by atoms with Gasteiger partial charge in [-0.15, -0.1) is 15.0 Å². The molecule has 2 amide bonds. The van der Waals surface area contributed by atoms with Gasteiger partial charge in [0.05, 0.1) is 5.69 Å². The molecule has 0 fully saturated rings. The zero-order valence-corrected chi connectivity index (χ0v) is 13.7. The van der Waals surface area contributed by atoms with E-state index in [1.807, 2.05) is 6.07 Å². The minimum absolute atomic E-state index is 0.0199. The fraction of sp³-hybridized carbons (Fsp3) is 0.118. The number of nitrogens with zero attached hydrogens (tertiary/aromatic N) is 5. The summed E-state index contributed by atoms with van der Waals surface area (Å²) in [6.45, 7) is 0. The summed E-state index contributed by atoms with van der Waals surface area (Å²) in [5.41, 5.74) is 1.85. The van der Waals surface area contributed by atoms with Gasteiger partial charge in [-0.25, -0.2) is 0 Å². The van der Waals surface area contributed by atoms with Crippen molar-refractivity contribution in [2.75, 3.05) is 19.4 Å². The van der Waals surface area contributed by atoms with Crippen LogP contribution in [0, 0.1) is 0 Å². The summed E-state index contributed by atoms with van der Waals surface area (Å²) in [6.07, 6.45) is 0. The van der Waals surface area contributed by atoms with E-state index in [1.165, 1.54) is 9.70 Å². The van der Waals surface area contributed by atoms with Crippen molar-refractivity contribution >= 4 is 17.5 Å². The van der Waals surface area contributed by atoms with E-state index < -0.39 is 0 Å². The van der Waals surface area contributed by atoms with Gasteiger partial charge in [-0.1, -0.05) is 18.2 Å². The molecule has 0 saturated carbocycles. The Bertz CT molecular complexity index is 887. The van der Waals surface area contributed by atoms with Gasteiger partial charge in [-0.3, -0.25) is 9.59 Å². The van der Waals surface area contributed by atoms with Crippen LogP contribution < -0.4 is 5.32 Å². The molecule has 0 spiro atoms. The van der Waals surface area contributed by atoms with Crippen molar-refractivity contribution < 1.29 is 9.59 Å². The first-order valence-electron chi connectivity index (χ1n) is 7.53. The third-order valence-electron chi connectivity index (χ3n) is 3.40. The highest BCUT2D eigenvalue weighted by Gasteiger charge is 2.15. The van der Waals surface area contributed by atoms with Gasteiger partial charge >= 0.3 is 0 Å². The van der Waals surface area contributed by atoms with Crippen LogP contribution in [-0.4, -0.2) is 51.0 Å². The number of rotatable bonds is 4. The molecule has 0 aliphatic heterocycles. The Labute approximate surface area is 144 Å². The number of hydrogen-bond acceptors (Lipinski definition) is 5. The molecule has 0 aliphatic rings. The quantitative estimate of drug-likeness (QED) is 0.781. The maximum atomic E-state index is 12.1. The van der Waals surface area contributed by atoms with Gasteiger partial charge in [0.15, 0.2) is 0 Å². The Balaban J connectivity index is 1.72. The molecular weight excluding hydrogens is 320 g/mol. The average molecular weight is 336 g/mol. The van der Waals surface area contributed by atoms with Crippen molar-refractivity contribution in [1.82, 2.24) is 25.1 Å². The molecule has 8 nitrogen and oxygen atoms in total. The number of carbonyl (C=O) groups is 2. The van der Waals surface area contributed by atoms with E-state index in [2.05, 4.69) is 20.7 Å². The van der Waals surface area contributed by atoms with Crippen LogP contribution in [0.25, 0.3) is 5.69 Å². The lowest BCUT2D eigenvalue weighted by Gasteiger charge is -2.06. The van der Waals surface area contributed by atoms with E-state index >= 15 is 0 Å². The van der Waals surface area contributed by atoms with E-state index in [9.17, 15) is 9.59 Å². The maximum absolute atomic E-state index is 12.1. The second-order valence-electron chi connectivity index (χ2n) is 5.47. The smallest absolute Gasteiger partial charge is 0.294 e. The number of amides is 2. The molecule has 0 atom stereocenters. The fourth-order valence-electron chi connectivity index (χ4n) is 2.08. The van der Waals surface area contributed by atoms with Crippen LogP contribution in [0.2, 0.25) is 0 Å². The highest BCUT2D eigenvalue weighted by molar-refractivity contribution is 6.04. The van der Waals surface area contributed by atoms with Crippen LogP contribution in [0.5, 0.6) is 0 Å². The number of nitrogens with one attached hydrogen (secondary N) is 1. The minimum atomic E-state index is -0.321. The molecule has 126 valence electrons. The third-order valence-corrected chi connectivity index (χ3v) is 3.40. The number of benzene rings is 2. The fourth-order valence-corrected chi connectivity index (χ4v) is 2.08. The van der Waals surface area contributed by atoms with Crippen LogP contribution in [0.3, 0.4) is 0 Å². The normalized spacial score (nSPS) is 10.3. The molecular formula is C17H16N6O2. The van der Waals surface area contributed by atoms with Gasteiger partial charge in [0.25, 0.3) is 17.6 Å². The van der Waals surface area contributed by atoms with E-state index in [1.54, 1.807) is 62.6 Å². The van der Waals surface area contributed by atoms with Crippen LogP contribution >= 0.6 is 0 Å². The summed E-state index contributed by atoms with van der Waals surface area (Å²) in [4.78, 5) is 26.6. The summed E-state index contributed by atoms with van der Waals surface area (Å²) < 4.78 is 0. The van der Waals surface area contributed by atoms with Gasteiger partial charge in [-0.05, 0) is 41.6 Å². The number of carbonyl (C=O) groups excluding carboxylic acids is 2. The van der Waals surface area contributed by atoms with Crippen molar-refractivity contribution in [1.29, 1.82) is 0 Å². The third kappa shape index (κ3) is 3.69. The van der Waals surface area contributed by atoms with E-state index in [0.29, 0.717) is 16.9 Å². The molecule has 0 bridgehead atoms. The molecule has 3 rings (SSSR count). The summed E-state index contributed by atoms with van der Waals surface area (Å²) in [6, 6.07) is 15.9. The number of anilines is 1. The molecule has 1 N–H and O–H groups in total. The Morgan fingerprint density at radius 2 is 1.68 bits per heavy atom. The maximum Gasteiger partial charge on any atom is 0.294 e. The van der Waals surface area contributed by atoms with Crippen LogP contribution in [0.4, 0.5) is 5.69 Å². The average Bonchev–Trinajstić information content (AvgIpc) is 3.12. The first kappa shape index (κ1) is 16.3. The lowest BCUT2D eigenvalue weighted by molar-refractivity contribution is 0.0815. The predicted molar refractivity (Wildman–Crippen MR) is 91.6 cm³/mol. The molecule has 8 heteroatoms. The van der Waals surface area contributed by atoms with Crippen molar-refractivity contribution in [3.8, 4) is 5.69 Å². The number of hydrogen-bond donors (Lipinski definition) is 1. The van der Waals surface area contributed by atoms with E-state index in [0.717, 1.165) is 0 Å². The Morgan fingerprint density at radius 1 is 1.00 bits per heavy atom. The second kappa shape index (κ2) is 6.91. The SMILES string of the molecule is CN(C)C(=O)c1nnn(-c2ccc(NC(=O)c3ccccc3)cc2)n1. The molecule has 0 radical (unpaired) electrons. The van der Waals surface area contributed by atoms with Crippen molar-refractivity contribution in [2.24, 2.45) is 0 Å². The number of aromatic nitrogens is 4. The molecule has 2 aromatic carbocycles. The van der Waals surface area contributed by atoms with Gasteiger partial charge in [0.1, 0.15) is 0 Å². The van der Waals surface area contributed by atoms with Gasteiger partial charge in [-0.2, -0.15) is 0 Å². The summed E-state index contributed by atoms with van der Waals surface area (Å²) in [5, 5.41) is 14.5. The molecule has 3 aromatic rings. The zero-order chi connectivity index (χ0) is 17.8. The molecule has 0 saturated heterocycles. The lowest BCUT2D eigenvalue weighted by atomic mass is 10.2. The monoisotopic (exact) mass is 336 g/mol. The molecule has 25 heavy (non-hydrogen) atoms. The second-order valence-corrected chi connectivity index (χ2v) is 5.47. The van der Waals surface area contributed by atoms with Crippen LogP contribution in [0.15, 0.2) is 54.6 Å². The Kier molecular flexibility index (Phi) is 4.51. The summed E-state index contributed by atoms with van der Waals surface area (Å²) >= 11 is 0. The predicted octanol–water partition coefficient (Wildman–Crippen LogP) is 1.62. The first-order chi connectivity index (χ1) is 12.0. The highest BCUT2D eigenvalue weighted by atomic mass is 16.2. The van der Waals surface area contributed by atoms with E-state index in [4.69, 9.17) is 0 Å². The van der Waals surface area contributed by atoms with Gasteiger partial charge in [0.2, 0.25) is 0 Å². The van der Waals surface area contributed by atoms with Crippen LogP contribution in [-0.2, 0) is 0 Å². The van der Waals surface area contributed by atoms with Gasteiger partial charge in [0, 0.05) is 25.3 Å². The van der Waals surface area contributed by atoms with Crippen LogP contribution in [0.1, 0.15) is 21.0 Å². The molecule has 0 unspecified atom stereocenters. The number of tetrazole rings is 1. The highest BCUT2D eigenvalue weighted by Crippen LogP contribution is 2.13. The minimum Gasteiger partial charge on any atom is -0.342 e. The van der Waals surface area contributed by atoms with Crippen molar-refractivity contribution in [3.05, 3.63) is 66.0 Å². The van der Waals surface area contributed by atoms with Crippen molar-refractivity contribution in [2.45, 2.75) is 0 Å². The lowest BCUT2D eigenvalue weighted by Crippen LogP contribution is -2.23. The largest absolute Gasteiger partial charge is 0.342 e. The molecule has 1 heterocycles. The van der Waals surface area contributed by atoms with Gasteiger partial charge < -0.3 is 10.2 Å². The zero-order valence-electron chi connectivity index (χ0n) is 13.7.